The zero-order valence-electron chi connectivity index (χ0n) is 24.3. The van der Waals surface area contributed by atoms with E-state index in [1.54, 1.807) is 34.9 Å². The largest absolute Gasteiger partial charge is 0.461 e. The number of aliphatic hydroxyl groups is 4. The van der Waals surface area contributed by atoms with Gasteiger partial charge in [-0.1, -0.05) is 20.8 Å². The van der Waals surface area contributed by atoms with Gasteiger partial charge in [0.2, 0.25) is 0 Å². The van der Waals surface area contributed by atoms with Crippen LogP contribution in [0.3, 0.4) is 0 Å². The van der Waals surface area contributed by atoms with Crippen LogP contribution < -0.4 is 10.6 Å². The molecule has 0 spiro atoms. The van der Waals surface area contributed by atoms with Gasteiger partial charge in [-0.05, 0) is 60.5 Å². The molecule has 6 atom stereocenters. The number of carbonyl (C=O) groups is 2. The molecule has 0 amide bonds. The zero-order chi connectivity index (χ0) is 27.1. The molecule has 0 bridgehead atoms. The van der Waals surface area contributed by atoms with Gasteiger partial charge in [0.1, 0.15) is 12.2 Å². The van der Waals surface area contributed by atoms with Gasteiger partial charge in [0.25, 0.3) is 0 Å². The van der Waals surface area contributed by atoms with Gasteiger partial charge in [-0.25, -0.2) is 0 Å². The minimum absolute atomic E-state index is 0. The van der Waals surface area contributed by atoms with Crippen molar-refractivity contribution in [2.45, 2.75) is 117 Å². The summed E-state index contributed by atoms with van der Waals surface area (Å²) in [7, 11) is 3.38. The maximum atomic E-state index is 11.0. The van der Waals surface area contributed by atoms with E-state index in [1.807, 2.05) is 20.8 Å². The van der Waals surface area contributed by atoms with Gasteiger partial charge < -0.3 is 40.5 Å². The molecule has 37 heavy (non-hydrogen) atoms. The predicted molar refractivity (Wildman–Crippen MR) is 133 cm³/mol. The Balaban J connectivity index is -0.0000000962. The summed E-state index contributed by atoms with van der Waals surface area (Å²) in [4.78, 5) is 22.1. The molecular formula is C24H52Ac3N2O8. The molecular weight excluding hydrogens is 1130 g/mol. The van der Waals surface area contributed by atoms with Crippen LogP contribution in [-0.4, -0.2) is 96.2 Å². The van der Waals surface area contributed by atoms with Crippen LogP contribution in [0.25, 0.3) is 0 Å². The van der Waals surface area contributed by atoms with Crippen LogP contribution in [0.5, 0.6) is 0 Å². The van der Waals surface area contributed by atoms with E-state index in [0.29, 0.717) is 19.3 Å². The second-order valence-electron chi connectivity index (χ2n) is 8.42. The summed E-state index contributed by atoms with van der Waals surface area (Å²) in [6, 6.07) is 0. The van der Waals surface area contributed by atoms with Crippen molar-refractivity contribution in [3.8, 4) is 0 Å². The van der Waals surface area contributed by atoms with Crippen LogP contribution >= 0.6 is 0 Å². The third-order valence-electron chi connectivity index (χ3n) is 4.44. The summed E-state index contributed by atoms with van der Waals surface area (Å²) in [5.74, 6) is -0.537. The van der Waals surface area contributed by atoms with Crippen LogP contribution in [0, 0.1) is 132 Å². The SMILES string of the molecule is CCC(CC(C)O)OC(=O)CNC.CCC(CC(C)O)OC(=O)CNC.CCC(O)CC(C)O.[Ac].[Ac].[Ac]. The van der Waals surface area contributed by atoms with Gasteiger partial charge in [0.15, 0.2) is 0 Å². The Morgan fingerprint density at radius 3 is 1.08 bits per heavy atom. The molecule has 0 aliphatic carbocycles. The van der Waals surface area contributed by atoms with Crippen molar-refractivity contribution in [2.24, 2.45) is 0 Å². The normalized spacial score (nSPS) is 14.5. The van der Waals surface area contributed by atoms with Crippen LogP contribution in [0.2, 0.25) is 0 Å². The zero-order valence-corrected chi connectivity index (χ0v) is 38.5. The quantitative estimate of drug-likeness (QED) is 0.132. The summed E-state index contributed by atoms with van der Waals surface area (Å²) >= 11 is 0. The molecule has 0 aliphatic heterocycles. The third-order valence-corrected chi connectivity index (χ3v) is 4.44. The molecule has 0 heterocycles. The number of carbonyl (C=O) groups excluding carboxylic acids is 2. The molecule has 0 rings (SSSR count). The third kappa shape index (κ3) is 43.6. The van der Waals surface area contributed by atoms with Gasteiger partial charge in [-0.2, -0.15) is 0 Å². The smallest absolute Gasteiger partial charge is 0.320 e. The molecule has 0 aliphatic rings. The second kappa shape index (κ2) is 37.1. The number of nitrogens with one attached hydrogen (secondary N) is 2. The predicted octanol–water partition coefficient (Wildman–Crippen LogP) is 1.13. The number of esters is 2. The first-order chi connectivity index (χ1) is 15.9. The van der Waals surface area contributed by atoms with Gasteiger partial charge in [-0.15, -0.1) is 0 Å². The van der Waals surface area contributed by atoms with Crippen molar-refractivity contribution < 1.29 is 172 Å². The molecule has 0 fully saturated rings. The Hall–Kier alpha value is 3.02. The van der Waals surface area contributed by atoms with E-state index >= 15 is 0 Å². The standard InChI is InChI=1S/2C9H19NO3.C6H14O2.3Ac/c2*1-4-8(5-7(2)11)13-9(12)6-10-3;1-3-6(8)4-5(2)7;;;/h2*7-8,10-11H,4-6H2,1-3H3;5-8H,3-4H2,1-2H3;;;. The van der Waals surface area contributed by atoms with E-state index in [0.717, 1.165) is 19.3 Å². The summed E-state index contributed by atoms with van der Waals surface area (Å²) in [5, 5.41) is 41.2. The number of hydrogen-bond donors (Lipinski definition) is 6. The molecule has 0 saturated heterocycles. The van der Waals surface area contributed by atoms with E-state index in [2.05, 4.69) is 10.6 Å². The molecule has 13 heteroatoms. The van der Waals surface area contributed by atoms with Crippen LogP contribution in [0.1, 0.15) is 80.1 Å². The number of likely N-dealkylation sites (N-methyl/N-ethyl adjacent to an activating group) is 2. The Labute approximate surface area is 332 Å². The minimum atomic E-state index is -0.424. The molecule has 3 radical (unpaired) electrons. The first kappa shape index (κ1) is 52.7. The van der Waals surface area contributed by atoms with Crippen LogP contribution in [0.4, 0.5) is 0 Å². The number of hydrogen-bond acceptors (Lipinski definition) is 10. The van der Waals surface area contributed by atoms with Crippen molar-refractivity contribution in [1.29, 1.82) is 0 Å². The first-order valence-electron chi connectivity index (χ1n) is 12.3. The van der Waals surface area contributed by atoms with Gasteiger partial charge in [-0.3, -0.25) is 9.59 Å². The summed E-state index contributed by atoms with van der Waals surface area (Å²) in [5.41, 5.74) is 0. The number of ether oxygens (including phenoxy) is 2. The average molecular weight is 1180 g/mol. The topological polar surface area (TPSA) is 158 Å². The summed E-state index contributed by atoms with van der Waals surface area (Å²) < 4.78 is 10.2. The molecule has 0 aromatic heterocycles. The monoisotopic (exact) mass is 1180 g/mol. The summed E-state index contributed by atoms with van der Waals surface area (Å²) in [6.07, 6.45) is 1.83. The van der Waals surface area contributed by atoms with Crippen LogP contribution in [0.15, 0.2) is 0 Å². The molecule has 215 valence electrons. The van der Waals surface area contributed by atoms with Crippen molar-refractivity contribution in [1.82, 2.24) is 10.6 Å². The molecule has 6 unspecified atom stereocenters. The van der Waals surface area contributed by atoms with Gasteiger partial charge in [0.05, 0.1) is 37.5 Å². The Bertz CT molecular complexity index is 457. The fourth-order valence-electron chi connectivity index (χ4n) is 2.66. The van der Waals surface area contributed by atoms with Crippen molar-refractivity contribution in [3.05, 3.63) is 0 Å². The molecule has 0 aromatic rings. The second-order valence-corrected chi connectivity index (χ2v) is 8.42. The number of rotatable bonds is 15. The Morgan fingerprint density at radius 2 is 0.919 bits per heavy atom. The fraction of sp³-hybridized carbons (Fsp3) is 0.917. The van der Waals surface area contributed by atoms with Crippen LogP contribution in [-0.2, 0) is 19.1 Å². The van der Waals surface area contributed by atoms with E-state index in [1.165, 1.54) is 0 Å². The number of aliphatic hydroxyl groups excluding tert-OH is 4. The molecule has 6 N–H and O–H groups in total. The van der Waals surface area contributed by atoms with E-state index in [4.69, 9.17) is 29.9 Å². The Morgan fingerprint density at radius 1 is 0.622 bits per heavy atom. The minimum Gasteiger partial charge on any atom is -0.461 e. The molecule has 10 nitrogen and oxygen atoms in total. The van der Waals surface area contributed by atoms with Gasteiger partial charge in [0, 0.05) is 145 Å². The summed E-state index contributed by atoms with van der Waals surface area (Å²) in [6.45, 7) is 11.3. The molecule has 0 saturated carbocycles. The van der Waals surface area contributed by atoms with Crippen molar-refractivity contribution in [2.75, 3.05) is 27.2 Å². The maximum absolute atomic E-state index is 11.0. The average Bonchev–Trinajstić information content (AvgIpc) is 2.72. The first-order valence-corrected chi connectivity index (χ1v) is 12.3. The van der Waals surface area contributed by atoms with Crippen molar-refractivity contribution >= 4 is 11.9 Å². The van der Waals surface area contributed by atoms with E-state index in [9.17, 15) is 9.59 Å². The molecule has 0 aromatic carbocycles. The van der Waals surface area contributed by atoms with E-state index in [-0.39, 0.29) is 182 Å². The fourth-order valence-corrected chi connectivity index (χ4v) is 2.66. The van der Waals surface area contributed by atoms with E-state index < -0.39 is 12.2 Å². The van der Waals surface area contributed by atoms with Gasteiger partial charge >= 0.3 is 11.9 Å². The Kier molecular flexibility index (Phi) is 52.7. The van der Waals surface area contributed by atoms with Crippen molar-refractivity contribution in [3.63, 3.8) is 0 Å². The maximum Gasteiger partial charge on any atom is 0.320 e.